The summed E-state index contributed by atoms with van der Waals surface area (Å²) < 4.78 is 5.50. The largest absolute Gasteiger partial charge is 0.342 e. The van der Waals surface area contributed by atoms with Gasteiger partial charge in [-0.25, -0.2) is 0 Å². The molecule has 0 aliphatic carbocycles. The molecule has 3 aromatic rings. The Morgan fingerprint density at radius 1 is 0.939 bits per heavy atom. The first kappa shape index (κ1) is 21.8. The van der Waals surface area contributed by atoms with Gasteiger partial charge in [-0.05, 0) is 50.1 Å². The SMILES string of the molecule is O=C(C1CCCN(Cc2nc(-c3ccccc3)no2)C1)N1CCC(Cc2ccccc2)CC1. The van der Waals surface area contributed by atoms with E-state index in [-0.39, 0.29) is 5.92 Å². The maximum Gasteiger partial charge on any atom is 0.241 e. The molecule has 33 heavy (non-hydrogen) atoms. The van der Waals surface area contributed by atoms with Crippen molar-refractivity contribution in [1.82, 2.24) is 19.9 Å². The Bertz CT molecular complexity index is 1030. The van der Waals surface area contributed by atoms with Gasteiger partial charge in [0.15, 0.2) is 0 Å². The molecule has 2 fully saturated rings. The van der Waals surface area contributed by atoms with E-state index in [4.69, 9.17) is 4.52 Å². The fourth-order valence-corrected chi connectivity index (χ4v) is 5.18. The van der Waals surface area contributed by atoms with Gasteiger partial charge in [0, 0.05) is 25.2 Å². The summed E-state index contributed by atoms with van der Waals surface area (Å²) >= 11 is 0. The van der Waals surface area contributed by atoms with E-state index < -0.39 is 0 Å². The standard InChI is InChI=1S/C27H32N4O2/c32-27(31-16-13-22(14-17-31)18-21-8-3-1-4-9-21)24-12-7-15-30(19-24)20-25-28-26(29-33-25)23-10-5-2-6-11-23/h1-6,8-11,22,24H,7,12-20H2. The number of likely N-dealkylation sites (tertiary alicyclic amines) is 2. The first-order valence-electron chi connectivity index (χ1n) is 12.2. The van der Waals surface area contributed by atoms with Gasteiger partial charge in [-0.1, -0.05) is 65.8 Å². The van der Waals surface area contributed by atoms with Gasteiger partial charge in [0.2, 0.25) is 17.6 Å². The molecular weight excluding hydrogens is 412 g/mol. The van der Waals surface area contributed by atoms with Gasteiger partial charge in [-0.3, -0.25) is 9.69 Å². The average molecular weight is 445 g/mol. The third-order valence-corrected chi connectivity index (χ3v) is 7.01. The van der Waals surface area contributed by atoms with Crippen LogP contribution in [0.5, 0.6) is 0 Å². The van der Waals surface area contributed by atoms with Crippen molar-refractivity contribution in [2.75, 3.05) is 26.2 Å². The number of hydrogen-bond acceptors (Lipinski definition) is 5. The molecule has 0 saturated carbocycles. The average Bonchev–Trinajstić information content (AvgIpc) is 3.34. The molecule has 0 bridgehead atoms. The highest BCUT2D eigenvalue weighted by molar-refractivity contribution is 5.79. The van der Waals surface area contributed by atoms with Gasteiger partial charge < -0.3 is 9.42 Å². The van der Waals surface area contributed by atoms with Crippen molar-refractivity contribution < 1.29 is 9.32 Å². The zero-order valence-electron chi connectivity index (χ0n) is 19.1. The third-order valence-electron chi connectivity index (χ3n) is 7.01. The molecule has 1 amide bonds. The van der Waals surface area contributed by atoms with E-state index in [0.717, 1.165) is 63.8 Å². The smallest absolute Gasteiger partial charge is 0.241 e. The molecule has 6 nitrogen and oxygen atoms in total. The van der Waals surface area contributed by atoms with E-state index in [9.17, 15) is 4.79 Å². The van der Waals surface area contributed by atoms with E-state index >= 15 is 0 Å². The molecular formula is C27H32N4O2. The highest BCUT2D eigenvalue weighted by Crippen LogP contribution is 2.26. The van der Waals surface area contributed by atoms with Crippen LogP contribution in [0.1, 0.15) is 37.1 Å². The summed E-state index contributed by atoms with van der Waals surface area (Å²) in [7, 11) is 0. The van der Waals surface area contributed by atoms with E-state index in [1.54, 1.807) is 0 Å². The summed E-state index contributed by atoms with van der Waals surface area (Å²) in [6.45, 7) is 4.11. The minimum absolute atomic E-state index is 0.0703. The van der Waals surface area contributed by atoms with Crippen molar-refractivity contribution in [3.8, 4) is 11.4 Å². The van der Waals surface area contributed by atoms with Crippen LogP contribution in [-0.4, -0.2) is 52.0 Å². The molecule has 6 heteroatoms. The summed E-state index contributed by atoms with van der Waals surface area (Å²) in [5.74, 6) is 2.31. The molecule has 2 aliphatic heterocycles. The first-order chi connectivity index (χ1) is 16.2. The van der Waals surface area contributed by atoms with E-state index in [2.05, 4.69) is 50.3 Å². The fraction of sp³-hybridized carbons (Fsp3) is 0.444. The predicted octanol–water partition coefficient (Wildman–Crippen LogP) is 4.43. The van der Waals surface area contributed by atoms with Gasteiger partial charge in [-0.15, -0.1) is 0 Å². The topological polar surface area (TPSA) is 62.5 Å². The summed E-state index contributed by atoms with van der Waals surface area (Å²) in [5.41, 5.74) is 2.36. The molecule has 0 radical (unpaired) electrons. The Morgan fingerprint density at radius 3 is 2.42 bits per heavy atom. The second-order valence-electron chi connectivity index (χ2n) is 9.41. The van der Waals surface area contributed by atoms with Crippen LogP contribution in [0.15, 0.2) is 65.2 Å². The van der Waals surface area contributed by atoms with Crippen LogP contribution in [0.4, 0.5) is 0 Å². The quantitative estimate of drug-likeness (QED) is 0.563. The number of piperidine rings is 2. The van der Waals surface area contributed by atoms with Crippen LogP contribution in [-0.2, 0) is 17.8 Å². The lowest BCUT2D eigenvalue weighted by molar-refractivity contribution is -0.138. The maximum atomic E-state index is 13.3. The maximum absolute atomic E-state index is 13.3. The van der Waals surface area contributed by atoms with Crippen LogP contribution < -0.4 is 0 Å². The van der Waals surface area contributed by atoms with Gasteiger partial charge in [0.1, 0.15) is 0 Å². The van der Waals surface area contributed by atoms with Gasteiger partial charge >= 0.3 is 0 Å². The molecule has 0 spiro atoms. The number of amides is 1. The normalized spacial score (nSPS) is 20.1. The van der Waals surface area contributed by atoms with Crippen molar-refractivity contribution >= 4 is 5.91 Å². The number of aromatic nitrogens is 2. The van der Waals surface area contributed by atoms with Crippen molar-refractivity contribution in [1.29, 1.82) is 0 Å². The lowest BCUT2D eigenvalue weighted by Gasteiger charge is -2.37. The van der Waals surface area contributed by atoms with Crippen LogP contribution in [0.3, 0.4) is 0 Å². The minimum Gasteiger partial charge on any atom is -0.342 e. The molecule has 2 saturated heterocycles. The van der Waals surface area contributed by atoms with Crippen molar-refractivity contribution in [2.45, 2.75) is 38.6 Å². The molecule has 3 heterocycles. The van der Waals surface area contributed by atoms with Gasteiger partial charge in [0.05, 0.1) is 12.5 Å². The lowest BCUT2D eigenvalue weighted by atomic mass is 9.89. The third kappa shape index (κ3) is 5.50. The van der Waals surface area contributed by atoms with Gasteiger partial charge in [0.25, 0.3) is 0 Å². The fourth-order valence-electron chi connectivity index (χ4n) is 5.18. The summed E-state index contributed by atoms with van der Waals surface area (Å²) in [4.78, 5) is 22.2. The molecule has 1 aromatic heterocycles. The van der Waals surface area contributed by atoms with Crippen molar-refractivity contribution in [3.63, 3.8) is 0 Å². The van der Waals surface area contributed by atoms with Crippen LogP contribution in [0.2, 0.25) is 0 Å². The summed E-state index contributed by atoms with van der Waals surface area (Å²) in [6, 6.07) is 20.6. The molecule has 2 aliphatic rings. The van der Waals surface area contributed by atoms with Crippen molar-refractivity contribution in [3.05, 3.63) is 72.1 Å². The molecule has 172 valence electrons. The number of hydrogen-bond donors (Lipinski definition) is 0. The van der Waals surface area contributed by atoms with E-state index in [1.165, 1.54) is 5.56 Å². The lowest BCUT2D eigenvalue weighted by Crippen LogP contribution is -2.47. The highest BCUT2D eigenvalue weighted by atomic mass is 16.5. The zero-order valence-corrected chi connectivity index (χ0v) is 19.1. The minimum atomic E-state index is 0.0703. The van der Waals surface area contributed by atoms with Crippen molar-refractivity contribution in [2.24, 2.45) is 11.8 Å². The second kappa shape index (κ2) is 10.3. The highest BCUT2D eigenvalue weighted by Gasteiger charge is 2.32. The number of carbonyl (C=O) groups excluding carboxylic acids is 1. The zero-order chi connectivity index (χ0) is 22.5. The number of nitrogens with zero attached hydrogens (tertiary/aromatic N) is 4. The Kier molecular flexibility index (Phi) is 6.81. The van der Waals surface area contributed by atoms with Gasteiger partial charge in [-0.2, -0.15) is 4.98 Å². The molecule has 1 unspecified atom stereocenters. The Hall–Kier alpha value is -2.99. The Morgan fingerprint density at radius 2 is 1.67 bits per heavy atom. The second-order valence-corrected chi connectivity index (χ2v) is 9.41. The molecule has 2 aromatic carbocycles. The number of rotatable bonds is 6. The van der Waals surface area contributed by atoms with Crippen LogP contribution in [0, 0.1) is 11.8 Å². The first-order valence-corrected chi connectivity index (χ1v) is 12.2. The van der Waals surface area contributed by atoms with E-state index in [1.807, 2.05) is 30.3 Å². The van der Waals surface area contributed by atoms with Crippen LogP contribution in [0.25, 0.3) is 11.4 Å². The van der Waals surface area contributed by atoms with E-state index in [0.29, 0.717) is 30.1 Å². The predicted molar refractivity (Wildman–Crippen MR) is 127 cm³/mol. The molecule has 1 atom stereocenters. The Balaban J connectivity index is 1.12. The summed E-state index contributed by atoms with van der Waals surface area (Å²) in [6.07, 6.45) is 5.32. The monoisotopic (exact) mass is 444 g/mol. The molecule has 0 N–H and O–H groups in total. The summed E-state index contributed by atoms with van der Waals surface area (Å²) in [5, 5.41) is 4.13. The Labute approximate surface area is 195 Å². The van der Waals surface area contributed by atoms with Crippen LogP contribution >= 0.6 is 0 Å². The number of carbonyl (C=O) groups is 1. The molecule has 5 rings (SSSR count). The number of benzene rings is 2.